The summed E-state index contributed by atoms with van der Waals surface area (Å²) in [6, 6.07) is 4.00. The van der Waals surface area contributed by atoms with Gasteiger partial charge >= 0.3 is 0 Å². The molecule has 6 rings (SSSR count). The first-order valence-corrected chi connectivity index (χ1v) is 11.1. The highest BCUT2D eigenvalue weighted by molar-refractivity contribution is 5.86. The van der Waals surface area contributed by atoms with Crippen LogP contribution in [0.1, 0.15) is 55.5 Å². The van der Waals surface area contributed by atoms with E-state index in [1.54, 1.807) is 13.1 Å². The Morgan fingerprint density at radius 2 is 1.91 bits per heavy atom. The van der Waals surface area contributed by atoms with E-state index in [0.717, 1.165) is 19.1 Å². The SMILES string of the molecule is Cc1cnc2c(-c3ccc(F)cc3F)ncnc2n1.c1nn(C2CC2)cc1C1CCCCO1. The maximum atomic E-state index is 13.8. The third-order valence-electron chi connectivity index (χ3n) is 5.75. The first-order chi connectivity index (χ1) is 16.1. The molecule has 2 fully saturated rings. The second kappa shape index (κ2) is 9.27. The fourth-order valence-electron chi connectivity index (χ4n) is 3.86. The zero-order valence-electron chi connectivity index (χ0n) is 18.3. The molecule has 0 spiro atoms. The molecule has 4 heterocycles. The molecule has 1 aromatic carbocycles. The second-order valence-corrected chi connectivity index (χ2v) is 8.37. The molecule has 0 radical (unpaired) electrons. The Morgan fingerprint density at radius 1 is 1.03 bits per heavy atom. The Kier molecular flexibility index (Phi) is 6.04. The highest BCUT2D eigenvalue weighted by Gasteiger charge is 2.26. The van der Waals surface area contributed by atoms with Crippen molar-refractivity contribution in [1.82, 2.24) is 29.7 Å². The van der Waals surface area contributed by atoms with Crippen molar-refractivity contribution in [1.29, 1.82) is 0 Å². The minimum Gasteiger partial charge on any atom is -0.373 e. The molecule has 33 heavy (non-hydrogen) atoms. The van der Waals surface area contributed by atoms with E-state index < -0.39 is 11.6 Å². The summed E-state index contributed by atoms with van der Waals surface area (Å²) in [6.07, 6.45) is 13.6. The molecule has 7 nitrogen and oxygen atoms in total. The molecule has 1 aliphatic carbocycles. The average Bonchev–Trinajstić information content (AvgIpc) is 3.56. The quantitative estimate of drug-likeness (QED) is 0.430. The van der Waals surface area contributed by atoms with E-state index in [2.05, 4.69) is 35.9 Å². The zero-order valence-corrected chi connectivity index (χ0v) is 18.3. The largest absolute Gasteiger partial charge is 0.373 e. The molecule has 1 atom stereocenters. The number of nitrogens with zero attached hydrogens (tertiary/aromatic N) is 6. The standard InChI is InChI=1S/C13H8F2N4.C11H16N2O/c1-7-5-16-12-11(17-6-18-13(12)19-7)9-3-2-8(14)4-10(9)15;1-2-6-14-11(3-1)9-7-12-13(8-9)10-4-5-10/h2-6H,1H3;7-8,10-11H,1-6H2. The van der Waals surface area contributed by atoms with Gasteiger partial charge in [-0.05, 0) is 51.2 Å². The van der Waals surface area contributed by atoms with Crippen LogP contribution in [0.25, 0.3) is 22.4 Å². The van der Waals surface area contributed by atoms with Gasteiger partial charge in [0.2, 0.25) is 0 Å². The van der Waals surface area contributed by atoms with Crippen molar-refractivity contribution in [2.24, 2.45) is 0 Å². The lowest BCUT2D eigenvalue weighted by Crippen LogP contribution is -2.10. The van der Waals surface area contributed by atoms with Gasteiger partial charge < -0.3 is 4.74 Å². The third-order valence-corrected chi connectivity index (χ3v) is 5.75. The van der Waals surface area contributed by atoms with E-state index in [0.29, 0.717) is 34.7 Å². The van der Waals surface area contributed by atoms with Crippen LogP contribution in [0.15, 0.2) is 43.1 Å². The van der Waals surface area contributed by atoms with E-state index in [-0.39, 0.29) is 5.56 Å². The van der Waals surface area contributed by atoms with Crippen molar-refractivity contribution >= 4 is 11.2 Å². The van der Waals surface area contributed by atoms with Gasteiger partial charge in [0, 0.05) is 36.2 Å². The molecule has 0 N–H and O–H groups in total. The number of fused-ring (bicyclic) bond motifs is 1. The van der Waals surface area contributed by atoms with Gasteiger partial charge in [-0.25, -0.2) is 28.7 Å². The van der Waals surface area contributed by atoms with Crippen LogP contribution in [0.2, 0.25) is 0 Å². The van der Waals surface area contributed by atoms with Crippen molar-refractivity contribution in [3.05, 3.63) is 66.0 Å². The molecule has 1 aliphatic heterocycles. The van der Waals surface area contributed by atoms with Crippen LogP contribution in [0.4, 0.5) is 8.78 Å². The average molecular weight is 450 g/mol. The van der Waals surface area contributed by atoms with Crippen LogP contribution < -0.4 is 0 Å². The van der Waals surface area contributed by atoms with Crippen LogP contribution in [-0.2, 0) is 4.74 Å². The Morgan fingerprint density at radius 3 is 2.67 bits per heavy atom. The molecule has 1 saturated heterocycles. The molecule has 2 aliphatic rings. The molecular formula is C24H24F2N6O. The van der Waals surface area contributed by atoms with Crippen molar-refractivity contribution in [3.8, 4) is 11.3 Å². The number of hydrogen-bond acceptors (Lipinski definition) is 6. The first kappa shape index (κ1) is 21.5. The predicted octanol–water partition coefficient (Wildman–Crippen LogP) is 5.13. The summed E-state index contributed by atoms with van der Waals surface area (Å²) in [7, 11) is 0. The number of hydrogen-bond donors (Lipinski definition) is 0. The van der Waals surface area contributed by atoms with E-state index in [1.807, 2.05) is 6.20 Å². The summed E-state index contributed by atoms with van der Waals surface area (Å²) in [5.74, 6) is -1.33. The number of ether oxygens (including phenoxy) is 1. The van der Waals surface area contributed by atoms with Crippen molar-refractivity contribution in [3.63, 3.8) is 0 Å². The zero-order chi connectivity index (χ0) is 22.8. The highest BCUT2D eigenvalue weighted by Crippen LogP contribution is 2.35. The third kappa shape index (κ3) is 4.88. The van der Waals surface area contributed by atoms with Crippen molar-refractivity contribution in [2.75, 3.05) is 6.61 Å². The highest BCUT2D eigenvalue weighted by atomic mass is 19.1. The minimum atomic E-state index is -0.692. The topological polar surface area (TPSA) is 78.6 Å². The van der Waals surface area contributed by atoms with E-state index in [1.165, 1.54) is 49.7 Å². The lowest BCUT2D eigenvalue weighted by Gasteiger charge is -2.21. The monoisotopic (exact) mass is 450 g/mol. The van der Waals surface area contributed by atoms with Crippen LogP contribution in [0, 0.1) is 18.6 Å². The Bertz CT molecular complexity index is 1270. The van der Waals surface area contributed by atoms with Gasteiger partial charge in [0.1, 0.15) is 29.2 Å². The van der Waals surface area contributed by atoms with Gasteiger partial charge in [-0.1, -0.05) is 0 Å². The molecule has 1 saturated carbocycles. The van der Waals surface area contributed by atoms with E-state index in [9.17, 15) is 8.78 Å². The smallest absolute Gasteiger partial charge is 0.182 e. The van der Waals surface area contributed by atoms with Crippen LogP contribution >= 0.6 is 0 Å². The maximum Gasteiger partial charge on any atom is 0.182 e. The van der Waals surface area contributed by atoms with Gasteiger partial charge in [0.25, 0.3) is 0 Å². The summed E-state index contributed by atoms with van der Waals surface area (Å²) in [5, 5.41) is 4.39. The van der Waals surface area contributed by atoms with Crippen LogP contribution in [-0.4, -0.2) is 36.3 Å². The van der Waals surface area contributed by atoms with Gasteiger partial charge in [0.05, 0.1) is 24.0 Å². The number of rotatable bonds is 3. The summed E-state index contributed by atoms with van der Waals surface area (Å²) in [6.45, 7) is 2.70. The number of aromatic nitrogens is 6. The molecular weight excluding hydrogens is 426 g/mol. The van der Waals surface area contributed by atoms with Crippen molar-refractivity contribution < 1.29 is 13.5 Å². The lowest BCUT2D eigenvalue weighted by atomic mass is 10.0. The molecule has 0 amide bonds. The molecule has 170 valence electrons. The van der Waals surface area contributed by atoms with Gasteiger partial charge in [-0.15, -0.1) is 0 Å². The van der Waals surface area contributed by atoms with E-state index >= 15 is 0 Å². The predicted molar refractivity (Wildman–Crippen MR) is 118 cm³/mol. The summed E-state index contributed by atoms with van der Waals surface area (Å²) < 4.78 is 34.6. The lowest BCUT2D eigenvalue weighted by molar-refractivity contribution is 0.0149. The number of halogens is 2. The molecule has 9 heteroatoms. The van der Waals surface area contributed by atoms with Gasteiger partial charge in [0.15, 0.2) is 5.65 Å². The Balaban J connectivity index is 0.000000144. The van der Waals surface area contributed by atoms with Crippen LogP contribution in [0.5, 0.6) is 0 Å². The van der Waals surface area contributed by atoms with E-state index in [4.69, 9.17) is 4.74 Å². The summed E-state index contributed by atoms with van der Waals surface area (Å²) in [5.41, 5.74) is 3.22. The van der Waals surface area contributed by atoms with Crippen LogP contribution in [0.3, 0.4) is 0 Å². The Hall–Kier alpha value is -3.33. The van der Waals surface area contributed by atoms with Gasteiger partial charge in [-0.3, -0.25) is 4.68 Å². The molecule has 0 bridgehead atoms. The summed E-state index contributed by atoms with van der Waals surface area (Å²) >= 11 is 0. The second-order valence-electron chi connectivity index (χ2n) is 8.37. The first-order valence-electron chi connectivity index (χ1n) is 11.1. The fourth-order valence-corrected chi connectivity index (χ4v) is 3.86. The minimum absolute atomic E-state index is 0.173. The number of benzene rings is 1. The molecule has 3 aromatic heterocycles. The number of aryl methyl sites for hydroxylation is 1. The molecule has 4 aromatic rings. The van der Waals surface area contributed by atoms with Gasteiger partial charge in [-0.2, -0.15) is 5.10 Å². The molecule has 1 unspecified atom stereocenters. The fraction of sp³-hybridized carbons (Fsp3) is 0.375. The Labute approximate surface area is 189 Å². The summed E-state index contributed by atoms with van der Waals surface area (Å²) in [4.78, 5) is 16.4. The van der Waals surface area contributed by atoms with Crippen molar-refractivity contribution in [2.45, 2.75) is 51.2 Å². The maximum absolute atomic E-state index is 13.8. The normalized spacial score (nSPS) is 18.1.